The van der Waals surface area contributed by atoms with E-state index in [1.54, 1.807) is 0 Å². The van der Waals surface area contributed by atoms with Gasteiger partial charge < -0.3 is 20.3 Å². The number of carbonyl (C=O) groups excluding carboxylic acids is 2. The molecule has 0 aliphatic heterocycles. The topological polar surface area (TPSA) is 95.9 Å². The lowest BCUT2D eigenvalue weighted by molar-refractivity contribution is -0.143. The highest BCUT2D eigenvalue weighted by molar-refractivity contribution is 5.76. The number of aliphatic hydroxyl groups excluding tert-OH is 2. The molecule has 0 aromatic carbocycles. The summed E-state index contributed by atoms with van der Waals surface area (Å²) in [4.78, 5) is 24.5. The number of carbonyl (C=O) groups is 2. The summed E-state index contributed by atoms with van der Waals surface area (Å²) in [5, 5.41) is 23.2. The van der Waals surface area contributed by atoms with Crippen LogP contribution in [0.3, 0.4) is 0 Å². The highest BCUT2D eigenvalue weighted by atomic mass is 16.5. The van der Waals surface area contributed by atoms with E-state index in [1.165, 1.54) is 173 Å². The second kappa shape index (κ2) is 54.4. The van der Waals surface area contributed by atoms with Gasteiger partial charge in [0, 0.05) is 12.8 Å². The zero-order chi connectivity index (χ0) is 47.2. The SMILES string of the molecule is CCCCCC/C=C\C/C=C\CCCCCCCCCC(=O)OCCCCC/C=C\C=C/CCCCCCCCC(=O)NC(CO)C(O)CCCCCCCCCCCCCCCCC. The van der Waals surface area contributed by atoms with Gasteiger partial charge in [-0.1, -0.05) is 236 Å². The summed E-state index contributed by atoms with van der Waals surface area (Å²) in [6.07, 6.45) is 68.1. The van der Waals surface area contributed by atoms with Crippen molar-refractivity contribution in [2.45, 2.75) is 302 Å². The van der Waals surface area contributed by atoms with E-state index in [0.717, 1.165) is 83.5 Å². The van der Waals surface area contributed by atoms with Gasteiger partial charge in [0.15, 0.2) is 0 Å². The van der Waals surface area contributed by atoms with Crippen molar-refractivity contribution in [2.24, 2.45) is 0 Å². The second-order valence-electron chi connectivity index (χ2n) is 19.3. The Balaban J connectivity index is 3.52. The molecule has 0 aliphatic carbocycles. The number of nitrogens with one attached hydrogen (secondary N) is 1. The maximum Gasteiger partial charge on any atom is 0.305 e. The zero-order valence-electron chi connectivity index (χ0n) is 43.2. The van der Waals surface area contributed by atoms with Crippen LogP contribution < -0.4 is 5.32 Å². The summed E-state index contributed by atoms with van der Waals surface area (Å²) < 4.78 is 5.45. The number of unbranched alkanes of at least 4 members (excludes halogenated alkanes) is 34. The molecule has 3 N–H and O–H groups in total. The molecular formula is C59H109NO5. The molecule has 0 rings (SSSR count). The molecule has 0 saturated heterocycles. The van der Waals surface area contributed by atoms with E-state index in [2.05, 4.69) is 67.8 Å². The molecule has 6 nitrogen and oxygen atoms in total. The molecule has 0 aromatic heterocycles. The molecule has 0 aliphatic rings. The Morgan fingerprint density at radius 3 is 1.28 bits per heavy atom. The van der Waals surface area contributed by atoms with Gasteiger partial charge in [-0.05, 0) is 89.9 Å². The minimum atomic E-state index is -0.680. The van der Waals surface area contributed by atoms with Gasteiger partial charge >= 0.3 is 5.97 Å². The van der Waals surface area contributed by atoms with E-state index in [4.69, 9.17) is 4.74 Å². The molecule has 1 amide bonds. The Kier molecular flexibility index (Phi) is 52.6. The number of hydrogen-bond donors (Lipinski definition) is 3. The highest BCUT2D eigenvalue weighted by Crippen LogP contribution is 2.16. The van der Waals surface area contributed by atoms with E-state index in [9.17, 15) is 19.8 Å². The van der Waals surface area contributed by atoms with Crippen LogP contribution in [0, 0.1) is 0 Å². The number of esters is 1. The average molecular weight is 913 g/mol. The summed E-state index contributed by atoms with van der Waals surface area (Å²) in [5.41, 5.74) is 0. The quantitative estimate of drug-likeness (QED) is 0.0245. The van der Waals surface area contributed by atoms with Crippen LogP contribution in [0.5, 0.6) is 0 Å². The number of rotatable bonds is 52. The van der Waals surface area contributed by atoms with E-state index in [1.807, 2.05) is 0 Å². The summed E-state index contributed by atoms with van der Waals surface area (Å²) in [6.45, 7) is 4.88. The predicted octanol–water partition coefficient (Wildman–Crippen LogP) is 17.4. The summed E-state index contributed by atoms with van der Waals surface area (Å²) in [5.74, 6) is -0.0872. The molecule has 380 valence electrons. The number of aliphatic hydroxyl groups is 2. The fourth-order valence-corrected chi connectivity index (χ4v) is 8.48. The van der Waals surface area contributed by atoms with Gasteiger partial charge in [0.25, 0.3) is 0 Å². The van der Waals surface area contributed by atoms with Crippen molar-refractivity contribution in [3.8, 4) is 0 Å². The first-order valence-corrected chi connectivity index (χ1v) is 28.4. The molecule has 0 aromatic rings. The van der Waals surface area contributed by atoms with Crippen LogP contribution in [0.15, 0.2) is 48.6 Å². The van der Waals surface area contributed by atoms with E-state index >= 15 is 0 Å². The van der Waals surface area contributed by atoms with Gasteiger partial charge in [0.1, 0.15) is 0 Å². The molecular weight excluding hydrogens is 803 g/mol. The Labute approximate surface area is 404 Å². The third-order valence-corrected chi connectivity index (χ3v) is 12.9. The van der Waals surface area contributed by atoms with Crippen molar-refractivity contribution >= 4 is 11.9 Å². The van der Waals surface area contributed by atoms with Crippen molar-refractivity contribution in [3.05, 3.63) is 48.6 Å². The molecule has 65 heavy (non-hydrogen) atoms. The van der Waals surface area contributed by atoms with Crippen molar-refractivity contribution in [1.82, 2.24) is 5.32 Å². The second-order valence-corrected chi connectivity index (χ2v) is 19.3. The van der Waals surface area contributed by atoms with Crippen molar-refractivity contribution in [2.75, 3.05) is 13.2 Å². The van der Waals surface area contributed by atoms with Gasteiger partial charge in [-0.25, -0.2) is 0 Å². The van der Waals surface area contributed by atoms with Crippen LogP contribution in [0.1, 0.15) is 290 Å². The van der Waals surface area contributed by atoms with Gasteiger partial charge in [-0.3, -0.25) is 9.59 Å². The van der Waals surface area contributed by atoms with Gasteiger partial charge in [-0.2, -0.15) is 0 Å². The van der Waals surface area contributed by atoms with Crippen LogP contribution in [0.4, 0.5) is 0 Å². The Morgan fingerprint density at radius 2 is 0.815 bits per heavy atom. The van der Waals surface area contributed by atoms with Crippen molar-refractivity contribution in [1.29, 1.82) is 0 Å². The van der Waals surface area contributed by atoms with Crippen LogP contribution >= 0.6 is 0 Å². The molecule has 0 heterocycles. The molecule has 6 heteroatoms. The normalized spacial score (nSPS) is 13.0. The maximum absolute atomic E-state index is 12.5. The molecule has 0 bridgehead atoms. The first-order valence-electron chi connectivity index (χ1n) is 28.4. The first kappa shape index (κ1) is 62.8. The van der Waals surface area contributed by atoms with E-state index < -0.39 is 12.1 Å². The largest absolute Gasteiger partial charge is 0.466 e. The average Bonchev–Trinajstić information content (AvgIpc) is 3.31. The van der Waals surface area contributed by atoms with Gasteiger partial charge in [-0.15, -0.1) is 0 Å². The van der Waals surface area contributed by atoms with E-state index in [-0.39, 0.29) is 18.5 Å². The Morgan fingerprint density at radius 1 is 0.446 bits per heavy atom. The minimum Gasteiger partial charge on any atom is -0.466 e. The number of allylic oxidation sites excluding steroid dienone is 8. The zero-order valence-corrected chi connectivity index (χ0v) is 43.2. The summed E-state index contributed by atoms with van der Waals surface area (Å²) in [6, 6.07) is -0.559. The van der Waals surface area contributed by atoms with Crippen LogP contribution in [0.2, 0.25) is 0 Å². The standard InChI is InChI=1S/C59H109NO5/c1-3-5-7-9-11-13-15-17-19-20-21-25-29-33-37-41-45-49-53-59(64)65-54-50-46-42-38-34-30-26-22-24-28-32-36-40-44-48-52-58(63)60-56(55-61)57(62)51-47-43-39-35-31-27-23-18-16-14-12-10-8-6-4-2/h13,15,19-20,22,26,30,34,56-57,61-62H,3-12,14,16-18,21,23-25,27-29,31-33,35-55H2,1-2H3,(H,60,63)/b15-13-,20-19-,26-22-,34-30-. The number of ether oxygens (including phenoxy) is 1. The van der Waals surface area contributed by atoms with Crippen molar-refractivity contribution < 1.29 is 24.5 Å². The molecule has 2 atom stereocenters. The van der Waals surface area contributed by atoms with Gasteiger partial charge in [0.05, 0.1) is 25.4 Å². The molecule has 2 unspecified atom stereocenters. The smallest absolute Gasteiger partial charge is 0.305 e. The molecule has 0 radical (unpaired) electrons. The molecule has 0 spiro atoms. The summed E-state index contributed by atoms with van der Waals surface area (Å²) >= 11 is 0. The fourth-order valence-electron chi connectivity index (χ4n) is 8.48. The Bertz CT molecular complexity index is 1100. The first-order chi connectivity index (χ1) is 32.0. The van der Waals surface area contributed by atoms with Crippen LogP contribution in [0.25, 0.3) is 0 Å². The number of amides is 1. The van der Waals surface area contributed by atoms with Crippen LogP contribution in [-0.4, -0.2) is 47.4 Å². The monoisotopic (exact) mass is 912 g/mol. The third kappa shape index (κ3) is 51.1. The molecule has 0 fully saturated rings. The van der Waals surface area contributed by atoms with Crippen molar-refractivity contribution in [3.63, 3.8) is 0 Å². The number of hydrogen-bond acceptors (Lipinski definition) is 5. The highest BCUT2D eigenvalue weighted by Gasteiger charge is 2.20. The fraction of sp³-hybridized carbons (Fsp3) is 0.831. The molecule has 0 saturated carbocycles. The predicted molar refractivity (Wildman–Crippen MR) is 282 cm³/mol. The lowest BCUT2D eigenvalue weighted by Crippen LogP contribution is -2.45. The van der Waals surface area contributed by atoms with Crippen LogP contribution in [-0.2, 0) is 14.3 Å². The Hall–Kier alpha value is -2.18. The van der Waals surface area contributed by atoms with E-state index in [0.29, 0.717) is 25.9 Å². The summed E-state index contributed by atoms with van der Waals surface area (Å²) in [7, 11) is 0. The lowest BCUT2D eigenvalue weighted by Gasteiger charge is -2.22. The van der Waals surface area contributed by atoms with Gasteiger partial charge in [0.2, 0.25) is 5.91 Å². The lowest BCUT2D eigenvalue weighted by atomic mass is 10.0. The third-order valence-electron chi connectivity index (χ3n) is 12.9. The minimum absolute atomic E-state index is 0.0293. The maximum atomic E-state index is 12.5.